The number of carbonyl (C=O) groups is 2. The Morgan fingerprint density at radius 2 is 2.26 bits per heavy atom. The Kier molecular flexibility index (Phi) is 3.07. The number of nitrogens with two attached hydrogens (primary N) is 1. The predicted molar refractivity (Wildman–Crippen MR) is 69.6 cm³/mol. The third-order valence-electron chi connectivity index (χ3n) is 4.08. The van der Waals surface area contributed by atoms with Gasteiger partial charge < -0.3 is 15.6 Å². The Balaban J connectivity index is 2.02. The molecule has 0 saturated carbocycles. The zero-order valence-corrected chi connectivity index (χ0v) is 11.2. The zero-order chi connectivity index (χ0) is 13.7. The predicted octanol–water partition coefficient (Wildman–Crippen LogP) is -0.256. The largest absolute Gasteiger partial charge is 0.477 e. The Morgan fingerprint density at radius 3 is 2.84 bits per heavy atom. The van der Waals surface area contributed by atoms with Crippen LogP contribution in [-0.4, -0.2) is 51.9 Å². The van der Waals surface area contributed by atoms with Gasteiger partial charge in [-0.05, 0) is 24.8 Å². The van der Waals surface area contributed by atoms with Gasteiger partial charge in [0.05, 0.1) is 12.1 Å². The Morgan fingerprint density at radius 1 is 1.53 bits per heavy atom. The van der Waals surface area contributed by atoms with Crippen LogP contribution in [0.25, 0.3) is 0 Å². The van der Waals surface area contributed by atoms with E-state index in [2.05, 4.69) is 12.6 Å². The SMILES string of the molecule is N[C@H]1C(=O)N2C(C(=O)O)=C([C@@H]3CCCO3)C[C@@H](S)[C@@H]12. The number of thiol groups is 1. The van der Waals surface area contributed by atoms with E-state index < -0.39 is 12.0 Å². The van der Waals surface area contributed by atoms with Crippen molar-refractivity contribution in [2.24, 2.45) is 5.73 Å². The molecule has 104 valence electrons. The van der Waals surface area contributed by atoms with Crippen molar-refractivity contribution < 1.29 is 19.4 Å². The molecule has 3 rings (SSSR count). The Bertz CT molecular complexity index is 472. The molecule has 2 fully saturated rings. The molecule has 3 aliphatic rings. The van der Waals surface area contributed by atoms with Crippen LogP contribution in [0.5, 0.6) is 0 Å². The first-order valence-corrected chi connectivity index (χ1v) is 6.88. The number of rotatable bonds is 2. The van der Waals surface area contributed by atoms with Crippen LogP contribution in [0.4, 0.5) is 0 Å². The van der Waals surface area contributed by atoms with Crippen LogP contribution in [0, 0.1) is 0 Å². The fourth-order valence-electron chi connectivity index (χ4n) is 3.18. The minimum Gasteiger partial charge on any atom is -0.477 e. The van der Waals surface area contributed by atoms with Gasteiger partial charge in [-0.2, -0.15) is 12.6 Å². The van der Waals surface area contributed by atoms with Gasteiger partial charge in [0.15, 0.2) is 0 Å². The summed E-state index contributed by atoms with van der Waals surface area (Å²) in [6.07, 6.45) is 2.02. The molecule has 1 amide bonds. The number of aliphatic carboxylic acids is 1. The number of ether oxygens (including phenoxy) is 1. The van der Waals surface area contributed by atoms with Gasteiger partial charge in [0.1, 0.15) is 11.7 Å². The molecule has 6 nitrogen and oxygen atoms in total. The average Bonchev–Trinajstić information content (AvgIpc) is 2.89. The molecule has 0 unspecified atom stereocenters. The second-order valence-electron chi connectivity index (χ2n) is 5.18. The highest BCUT2D eigenvalue weighted by Crippen LogP contribution is 2.41. The lowest BCUT2D eigenvalue weighted by Crippen LogP contribution is -2.73. The van der Waals surface area contributed by atoms with Gasteiger partial charge in [-0.25, -0.2) is 4.79 Å². The highest BCUT2D eigenvalue weighted by Gasteiger charge is 2.55. The van der Waals surface area contributed by atoms with Gasteiger partial charge in [-0.3, -0.25) is 9.69 Å². The number of hydrogen-bond acceptors (Lipinski definition) is 5. The Labute approximate surface area is 116 Å². The standard InChI is InChI=1S/C12H16N2O4S/c13-8-10-7(19)4-5(6-2-1-3-18-6)9(12(16)17)14(10)11(8)15/h6-8,10,19H,1-4,13H2,(H,16,17)/t6-,7+,8+,10-/m0/s1. The van der Waals surface area contributed by atoms with E-state index in [1.165, 1.54) is 4.90 Å². The highest BCUT2D eigenvalue weighted by atomic mass is 32.1. The van der Waals surface area contributed by atoms with Crippen LogP contribution in [0.1, 0.15) is 19.3 Å². The van der Waals surface area contributed by atoms with E-state index in [1.54, 1.807) is 0 Å². The summed E-state index contributed by atoms with van der Waals surface area (Å²) in [4.78, 5) is 24.6. The minimum atomic E-state index is -1.09. The van der Waals surface area contributed by atoms with Crippen molar-refractivity contribution in [2.75, 3.05) is 6.61 Å². The maximum absolute atomic E-state index is 11.8. The number of carboxylic acid groups (broad SMARTS) is 1. The number of hydrogen-bond donors (Lipinski definition) is 3. The zero-order valence-electron chi connectivity index (χ0n) is 10.3. The summed E-state index contributed by atoms with van der Waals surface area (Å²) < 4.78 is 5.57. The molecule has 0 radical (unpaired) electrons. The van der Waals surface area contributed by atoms with Crippen molar-refractivity contribution in [3.8, 4) is 0 Å². The summed E-state index contributed by atoms with van der Waals surface area (Å²) in [5, 5.41) is 9.28. The van der Waals surface area contributed by atoms with Gasteiger partial charge in [-0.1, -0.05) is 0 Å². The average molecular weight is 284 g/mol. The van der Waals surface area contributed by atoms with Crippen molar-refractivity contribution >= 4 is 24.5 Å². The van der Waals surface area contributed by atoms with Gasteiger partial charge in [0.2, 0.25) is 5.91 Å². The second kappa shape index (κ2) is 4.50. The highest BCUT2D eigenvalue weighted by molar-refractivity contribution is 7.81. The smallest absolute Gasteiger partial charge is 0.352 e. The molecular weight excluding hydrogens is 268 g/mol. The summed E-state index contributed by atoms with van der Waals surface area (Å²) in [6.45, 7) is 0.634. The molecule has 3 heterocycles. The molecule has 0 spiro atoms. The third-order valence-corrected chi connectivity index (χ3v) is 4.57. The monoisotopic (exact) mass is 284 g/mol. The van der Waals surface area contributed by atoms with E-state index in [4.69, 9.17) is 10.5 Å². The second-order valence-corrected chi connectivity index (χ2v) is 5.84. The van der Waals surface area contributed by atoms with E-state index >= 15 is 0 Å². The van der Waals surface area contributed by atoms with Crippen LogP contribution in [0.2, 0.25) is 0 Å². The van der Waals surface area contributed by atoms with Crippen molar-refractivity contribution in [1.82, 2.24) is 4.90 Å². The first-order valence-electron chi connectivity index (χ1n) is 6.37. The molecule has 0 aromatic rings. The van der Waals surface area contributed by atoms with Crippen molar-refractivity contribution in [3.63, 3.8) is 0 Å². The van der Waals surface area contributed by atoms with Crippen LogP contribution in [0.15, 0.2) is 11.3 Å². The summed E-state index contributed by atoms with van der Waals surface area (Å²) >= 11 is 4.47. The van der Waals surface area contributed by atoms with Crippen LogP contribution in [-0.2, 0) is 14.3 Å². The minimum absolute atomic E-state index is 0.0638. The quantitative estimate of drug-likeness (QED) is 0.480. The third kappa shape index (κ3) is 1.79. The van der Waals surface area contributed by atoms with Gasteiger partial charge in [0.25, 0.3) is 0 Å². The van der Waals surface area contributed by atoms with Crippen LogP contribution < -0.4 is 5.73 Å². The summed E-state index contributed by atoms with van der Waals surface area (Å²) in [5.41, 5.74) is 6.49. The van der Waals surface area contributed by atoms with E-state index in [-0.39, 0.29) is 29.0 Å². The molecule has 3 N–H and O–H groups in total. The molecule has 0 aromatic carbocycles. The number of amides is 1. The molecular formula is C12H16N2O4S. The number of β-lactam (4-membered cyclic amide) rings is 1. The maximum Gasteiger partial charge on any atom is 0.352 e. The van der Waals surface area contributed by atoms with E-state index in [9.17, 15) is 14.7 Å². The topological polar surface area (TPSA) is 92.9 Å². The fraction of sp³-hybridized carbons (Fsp3) is 0.667. The van der Waals surface area contributed by atoms with E-state index in [1.807, 2.05) is 0 Å². The summed E-state index contributed by atoms with van der Waals surface area (Å²) in [7, 11) is 0. The Hall–Kier alpha value is -1.05. The molecule has 0 aromatic heterocycles. The lowest BCUT2D eigenvalue weighted by molar-refractivity contribution is -0.152. The number of carbonyl (C=O) groups excluding carboxylic acids is 1. The number of carboxylic acids is 1. The van der Waals surface area contributed by atoms with Crippen molar-refractivity contribution in [1.29, 1.82) is 0 Å². The maximum atomic E-state index is 11.8. The number of fused-ring (bicyclic) bond motifs is 1. The molecule has 7 heteroatoms. The first kappa shape index (κ1) is 13.0. The molecule has 19 heavy (non-hydrogen) atoms. The fourth-order valence-corrected chi connectivity index (χ4v) is 3.69. The van der Waals surface area contributed by atoms with Gasteiger partial charge in [0, 0.05) is 11.9 Å². The van der Waals surface area contributed by atoms with E-state index in [0.717, 1.165) is 12.8 Å². The van der Waals surface area contributed by atoms with Crippen molar-refractivity contribution in [2.45, 2.75) is 42.7 Å². The molecule has 2 saturated heterocycles. The normalized spacial score (nSPS) is 38.2. The van der Waals surface area contributed by atoms with Gasteiger partial charge in [-0.15, -0.1) is 0 Å². The van der Waals surface area contributed by atoms with Gasteiger partial charge >= 0.3 is 5.97 Å². The van der Waals surface area contributed by atoms with Crippen LogP contribution in [0.3, 0.4) is 0 Å². The molecule has 4 atom stereocenters. The molecule has 3 aliphatic heterocycles. The van der Waals surface area contributed by atoms with E-state index in [0.29, 0.717) is 18.6 Å². The number of nitrogens with zero attached hydrogens (tertiary/aromatic N) is 1. The summed E-state index contributed by atoms with van der Waals surface area (Å²) in [6, 6.07) is -0.949. The lowest BCUT2D eigenvalue weighted by atomic mass is 9.81. The van der Waals surface area contributed by atoms with Crippen LogP contribution >= 0.6 is 12.6 Å². The first-order chi connectivity index (χ1) is 9.02. The summed E-state index contributed by atoms with van der Waals surface area (Å²) in [5.74, 6) is -1.42. The molecule has 0 bridgehead atoms. The van der Waals surface area contributed by atoms with Crippen molar-refractivity contribution in [3.05, 3.63) is 11.3 Å². The lowest BCUT2D eigenvalue weighted by Gasteiger charge is -2.51. The molecule has 0 aliphatic carbocycles.